The van der Waals surface area contributed by atoms with Crippen molar-refractivity contribution in [3.8, 4) is 0 Å². The highest BCUT2D eigenvalue weighted by Crippen LogP contribution is 2.12. The summed E-state index contributed by atoms with van der Waals surface area (Å²) in [6.07, 6.45) is 5.18. The number of anilines is 2. The minimum atomic E-state index is 0.560. The smallest absolute Gasteiger partial charge is 0.146 e. The summed E-state index contributed by atoms with van der Waals surface area (Å²) < 4.78 is 0. The summed E-state index contributed by atoms with van der Waals surface area (Å²) in [6, 6.07) is 9.48. The van der Waals surface area contributed by atoms with E-state index in [9.17, 15) is 0 Å². The van der Waals surface area contributed by atoms with E-state index >= 15 is 0 Å². The molecular weight excluding hydrogens is 200 g/mol. The summed E-state index contributed by atoms with van der Waals surface area (Å²) in [6.45, 7) is 2.89. The fourth-order valence-corrected chi connectivity index (χ4v) is 1.07. The van der Waals surface area contributed by atoms with Gasteiger partial charge < -0.3 is 11.1 Å². The third-order valence-electron chi connectivity index (χ3n) is 1.77. The number of aromatic nitrogens is 2. The maximum absolute atomic E-state index is 5.53. The molecule has 0 aliphatic heterocycles. The maximum atomic E-state index is 5.53. The van der Waals surface area contributed by atoms with Gasteiger partial charge in [0.25, 0.3) is 0 Å². The molecule has 3 N–H and O–H groups in total. The van der Waals surface area contributed by atoms with E-state index in [-0.39, 0.29) is 0 Å². The van der Waals surface area contributed by atoms with Crippen molar-refractivity contribution in [2.75, 3.05) is 17.6 Å². The number of nitrogen functional groups attached to an aromatic ring is 1. The summed E-state index contributed by atoms with van der Waals surface area (Å²) in [5, 5.41) is 3.09. The number of nitrogens with zero attached hydrogens (tertiary/aromatic N) is 2. The largest absolute Gasteiger partial charge is 0.382 e. The standard InChI is InChI=1S/C7H11N3.C5H5N/c1-2-9-6-4-3-5-10-7(6)8;1-2-4-6-5-3-1/h3-5,9H,2H2,1H3,(H2,8,10);1-5H. The SMILES string of the molecule is CCNc1cccnc1N.c1ccncc1. The molecule has 2 rings (SSSR count). The van der Waals surface area contributed by atoms with Crippen LogP contribution in [-0.4, -0.2) is 16.5 Å². The predicted molar refractivity (Wildman–Crippen MR) is 67.1 cm³/mol. The molecule has 84 valence electrons. The first-order chi connectivity index (χ1) is 7.84. The summed E-state index contributed by atoms with van der Waals surface area (Å²) in [4.78, 5) is 7.70. The summed E-state index contributed by atoms with van der Waals surface area (Å²) in [7, 11) is 0. The molecular formula is C12H16N4. The van der Waals surface area contributed by atoms with Crippen LogP contribution in [0, 0.1) is 0 Å². The van der Waals surface area contributed by atoms with Gasteiger partial charge in [-0.1, -0.05) is 6.07 Å². The average molecular weight is 216 g/mol. The highest BCUT2D eigenvalue weighted by Gasteiger charge is 1.93. The Morgan fingerprint density at radius 2 is 1.88 bits per heavy atom. The first kappa shape index (κ1) is 12.0. The molecule has 0 radical (unpaired) electrons. The molecule has 0 unspecified atom stereocenters. The van der Waals surface area contributed by atoms with E-state index in [1.165, 1.54) is 0 Å². The van der Waals surface area contributed by atoms with Gasteiger partial charge >= 0.3 is 0 Å². The van der Waals surface area contributed by atoms with E-state index in [2.05, 4.69) is 15.3 Å². The lowest BCUT2D eigenvalue weighted by Gasteiger charge is -2.03. The lowest BCUT2D eigenvalue weighted by molar-refractivity contribution is 1.20. The van der Waals surface area contributed by atoms with Crippen molar-refractivity contribution in [1.82, 2.24) is 9.97 Å². The molecule has 0 spiro atoms. The molecule has 2 aromatic heterocycles. The summed E-state index contributed by atoms with van der Waals surface area (Å²) in [5.74, 6) is 0.560. The molecule has 4 nitrogen and oxygen atoms in total. The van der Waals surface area contributed by atoms with Crippen LogP contribution >= 0.6 is 0 Å². The number of pyridine rings is 2. The van der Waals surface area contributed by atoms with Crippen LogP contribution in [-0.2, 0) is 0 Å². The lowest BCUT2D eigenvalue weighted by atomic mass is 10.4. The molecule has 0 saturated heterocycles. The van der Waals surface area contributed by atoms with Crippen LogP contribution in [0.5, 0.6) is 0 Å². The van der Waals surface area contributed by atoms with Gasteiger partial charge in [-0.15, -0.1) is 0 Å². The van der Waals surface area contributed by atoms with Crippen molar-refractivity contribution in [3.05, 3.63) is 48.9 Å². The van der Waals surface area contributed by atoms with Gasteiger partial charge in [-0.2, -0.15) is 0 Å². The van der Waals surface area contributed by atoms with Gasteiger partial charge in [-0.25, -0.2) is 4.98 Å². The van der Waals surface area contributed by atoms with E-state index in [1.807, 2.05) is 37.3 Å². The summed E-state index contributed by atoms with van der Waals surface area (Å²) >= 11 is 0. The van der Waals surface area contributed by atoms with Crippen molar-refractivity contribution < 1.29 is 0 Å². The third-order valence-corrected chi connectivity index (χ3v) is 1.77. The molecule has 2 heterocycles. The van der Waals surface area contributed by atoms with Gasteiger partial charge in [0.05, 0.1) is 5.69 Å². The van der Waals surface area contributed by atoms with E-state index in [4.69, 9.17) is 5.73 Å². The van der Waals surface area contributed by atoms with E-state index in [0.717, 1.165) is 12.2 Å². The Kier molecular flexibility index (Phi) is 5.41. The Labute approximate surface area is 95.6 Å². The molecule has 0 saturated carbocycles. The van der Waals surface area contributed by atoms with Crippen LogP contribution in [0.1, 0.15) is 6.92 Å². The van der Waals surface area contributed by atoms with Crippen LogP contribution in [0.15, 0.2) is 48.9 Å². The Hall–Kier alpha value is -2.10. The number of hydrogen-bond acceptors (Lipinski definition) is 4. The van der Waals surface area contributed by atoms with Gasteiger partial charge in [0.15, 0.2) is 0 Å². The third kappa shape index (κ3) is 4.41. The molecule has 2 aromatic rings. The van der Waals surface area contributed by atoms with Crippen LogP contribution in [0.25, 0.3) is 0 Å². The zero-order valence-corrected chi connectivity index (χ0v) is 9.30. The Morgan fingerprint density at radius 1 is 1.12 bits per heavy atom. The minimum Gasteiger partial charge on any atom is -0.382 e. The van der Waals surface area contributed by atoms with Gasteiger partial charge in [0.1, 0.15) is 5.82 Å². The maximum Gasteiger partial charge on any atom is 0.146 e. The normalized spacial score (nSPS) is 8.81. The first-order valence-corrected chi connectivity index (χ1v) is 5.14. The number of rotatable bonds is 2. The van der Waals surface area contributed by atoms with Crippen LogP contribution in [0.2, 0.25) is 0 Å². The number of nitrogens with two attached hydrogens (primary N) is 1. The second kappa shape index (κ2) is 7.23. The van der Waals surface area contributed by atoms with Gasteiger partial charge in [0.2, 0.25) is 0 Å². The van der Waals surface area contributed by atoms with Gasteiger partial charge in [-0.3, -0.25) is 4.98 Å². The van der Waals surface area contributed by atoms with Crippen molar-refractivity contribution in [3.63, 3.8) is 0 Å². The van der Waals surface area contributed by atoms with Gasteiger partial charge in [0, 0.05) is 25.1 Å². The van der Waals surface area contributed by atoms with Crippen LogP contribution < -0.4 is 11.1 Å². The molecule has 0 atom stereocenters. The van der Waals surface area contributed by atoms with E-state index in [0.29, 0.717) is 5.82 Å². The van der Waals surface area contributed by atoms with E-state index in [1.54, 1.807) is 18.6 Å². The van der Waals surface area contributed by atoms with Crippen LogP contribution in [0.4, 0.5) is 11.5 Å². The second-order valence-electron chi connectivity index (χ2n) is 2.99. The van der Waals surface area contributed by atoms with Gasteiger partial charge in [-0.05, 0) is 31.2 Å². The monoisotopic (exact) mass is 216 g/mol. The zero-order chi connectivity index (χ0) is 11.6. The quantitative estimate of drug-likeness (QED) is 0.807. The zero-order valence-electron chi connectivity index (χ0n) is 9.30. The van der Waals surface area contributed by atoms with Crippen molar-refractivity contribution in [2.45, 2.75) is 6.92 Å². The first-order valence-electron chi connectivity index (χ1n) is 5.14. The molecule has 0 bridgehead atoms. The van der Waals surface area contributed by atoms with Crippen molar-refractivity contribution in [2.24, 2.45) is 0 Å². The van der Waals surface area contributed by atoms with E-state index < -0.39 is 0 Å². The van der Waals surface area contributed by atoms with Crippen molar-refractivity contribution in [1.29, 1.82) is 0 Å². The Balaban J connectivity index is 0.000000181. The molecule has 0 aliphatic carbocycles. The fourth-order valence-electron chi connectivity index (χ4n) is 1.07. The second-order valence-corrected chi connectivity index (χ2v) is 2.99. The average Bonchev–Trinajstić information content (AvgIpc) is 2.35. The van der Waals surface area contributed by atoms with Crippen LogP contribution in [0.3, 0.4) is 0 Å². The number of nitrogens with one attached hydrogen (secondary N) is 1. The minimum absolute atomic E-state index is 0.560. The fraction of sp³-hybridized carbons (Fsp3) is 0.167. The van der Waals surface area contributed by atoms with Crippen molar-refractivity contribution >= 4 is 11.5 Å². The molecule has 4 heteroatoms. The molecule has 0 aliphatic rings. The molecule has 0 fully saturated rings. The highest BCUT2D eigenvalue weighted by atomic mass is 14.9. The highest BCUT2D eigenvalue weighted by molar-refractivity contribution is 5.60. The molecule has 0 aromatic carbocycles. The Bertz CT molecular complexity index is 363. The topological polar surface area (TPSA) is 63.8 Å². The number of hydrogen-bond donors (Lipinski definition) is 2. The lowest BCUT2D eigenvalue weighted by Crippen LogP contribution is -2.01. The molecule has 0 amide bonds. The Morgan fingerprint density at radius 3 is 2.31 bits per heavy atom. The molecule has 16 heavy (non-hydrogen) atoms. The summed E-state index contributed by atoms with van der Waals surface area (Å²) in [5.41, 5.74) is 6.44. The predicted octanol–water partition coefficient (Wildman–Crippen LogP) is 2.18.